The average Bonchev–Trinajstić information content (AvgIpc) is 2.97. The van der Waals surface area contributed by atoms with E-state index in [-0.39, 0.29) is 0 Å². The number of benzene rings is 1. The van der Waals surface area contributed by atoms with E-state index in [1.54, 1.807) is 4.68 Å². The molecule has 1 aliphatic rings. The lowest BCUT2D eigenvalue weighted by Crippen LogP contribution is -2.34. The molecule has 0 spiro atoms. The van der Waals surface area contributed by atoms with Crippen LogP contribution >= 0.6 is 11.6 Å². The smallest absolute Gasteiger partial charge is 0.0971 e. The highest BCUT2D eigenvalue weighted by Crippen LogP contribution is 2.18. The second-order valence-electron chi connectivity index (χ2n) is 5.53. The summed E-state index contributed by atoms with van der Waals surface area (Å²) < 4.78 is 1.77. The minimum Gasteiger partial charge on any atom is -0.396 e. The van der Waals surface area contributed by atoms with Crippen molar-refractivity contribution in [2.24, 2.45) is 5.92 Å². The highest BCUT2D eigenvalue weighted by Gasteiger charge is 2.19. The molecule has 5 nitrogen and oxygen atoms in total. The number of likely N-dealkylation sites (tertiary alicyclic amines) is 1. The van der Waals surface area contributed by atoms with Gasteiger partial charge in [0.25, 0.3) is 0 Å². The first-order valence-corrected chi connectivity index (χ1v) is 7.63. The van der Waals surface area contributed by atoms with E-state index >= 15 is 0 Å². The Kier molecular flexibility index (Phi) is 4.53. The molecule has 6 heteroatoms. The third kappa shape index (κ3) is 3.61. The molecule has 0 radical (unpaired) electrons. The summed E-state index contributed by atoms with van der Waals surface area (Å²) in [5.41, 5.74) is 1.92. The van der Waals surface area contributed by atoms with Crippen molar-refractivity contribution in [3.63, 3.8) is 0 Å². The molecule has 0 saturated carbocycles. The van der Waals surface area contributed by atoms with Crippen molar-refractivity contribution in [2.75, 3.05) is 19.7 Å². The molecule has 0 unspecified atom stereocenters. The minimum absolute atomic E-state index is 0.306. The first-order valence-electron chi connectivity index (χ1n) is 7.25. The zero-order chi connectivity index (χ0) is 14.7. The molecule has 1 aliphatic heterocycles. The number of rotatable bonds is 4. The molecule has 21 heavy (non-hydrogen) atoms. The van der Waals surface area contributed by atoms with Gasteiger partial charge in [-0.1, -0.05) is 16.8 Å². The zero-order valence-corrected chi connectivity index (χ0v) is 12.6. The van der Waals surface area contributed by atoms with Crippen molar-refractivity contribution in [1.29, 1.82) is 0 Å². The fourth-order valence-corrected chi connectivity index (χ4v) is 2.77. The van der Waals surface area contributed by atoms with Crippen molar-refractivity contribution in [2.45, 2.75) is 19.4 Å². The lowest BCUT2D eigenvalue weighted by atomic mass is 9.98. The van der Waals surface area contributed by atoms with Gasteiger partial charge in [0, 0.05) is 18.2 Å². The molecule has 3 rings (SSSR count). The molecule has 0 amide bonds. The Balaban J connectivity index is 1.62. The van der Waals surface area contributed by atoms with Crippen LogP contribution in [0.3, 0.4) is 0 Å². The number of aromatic nitrogens is 3. The summed E-state index contributed by atoms with van der Waals surface area (Å²) in [5, 5.41) is 18.3. The van der Waals surface area contributed by atoms with Crippen LogP contribution in [0.2, 0.25) is 5.02 Å². The summed E-state index contributed by atoms with van der Waals surface area (Å²) in [6, 6.07) is 7.54. The quantitative estimate of drug-likeness (QED) is 0.940. The van der Waals surface area contributed by atoms with Gasteiger partial charge in [-0.2, -0.15) is 0 Å². The minimum atomic E-state index is 0.306. The molecule has 1 aromatic heterocycles. The Morgan fingerprint density at radius 1 is 1.19 bits per heavy atom. The van der Waals surface area contributed by atoms with Crippen LogP contribution < -0.4 is 0 Å². The molecule has 0 aliphatic carbocycles. The Morgan fingerprint density at radius 2 is 1.90 bits per heavy atom. The Morgan fingerprint density at radius 3 is 2.57 bits per heavy atom. The molecule has 2 aromatic rings. The second-order valence-corrected chi connectivity index (χ2v) is 5.97. The van der Waals surface area contributed by atoms with Crippen LogP contribution in [0, 0.1) is 5.92 Å². The fraction of sp³-hybridized carbons (Fsp3) is 0.467. The lowest BCUT2D eigenvalue weighted by molar-refractivity contribution is 0.126. The molecule has 1 saturated heterocycles. The van der Waals surface area contributed by atoms with Crippen LogP contribution in [0.15, 0.2) is 30.5 Å². The molecule has 1 N–H and O–H groups in total. The molecule has 112 valence electrons. The van der Waals surface area contributed by atoms with E-state index in [4.69, 9.17) is 16.7 Å². The molecule has 1 aromatic carbocycles. The maximum atomic E-state index is 9.16. The fourth-order valence-electron chi connectivity index (χ4n) is 2.65. The van der Waals surface area contributed by atoms with E-state index < -0.39 is 0 Å². The normalized spacial score (nSPS) is 17.2. The van der Waals surface area contributed by atoms with Crippen LogP contribution in [0.4, 0.5) is 0 Å². The maximum absolute atomic E-state index is 9.16. The van der Waals surface area contributed by atoms with Gasteiger partial charge < -0.3 is 5.11 Å². The molecule has 0 atom stereocenters. The van der Waals surface area contributed by atoms with E-state index in [0.717, 1.165) is 43.9 Å². The van der Waals surface area contributed by atoms with Crippen molar-refractivity contribution in [3.05, 3.63) is 41.2 Å². The highest BCUT2D eigenvalue weighted by molar-refractivity contribution is 6.30. The maximum Gasteiger partial charge on any atom is 0.0971 e. The number of nitrogens with zero attached hydrogens (tertiary/aromatic N) is 4. The predicted octanol–water partition coefficient (Wildman–Crippen LogP) is 2.12. The number of aliphatic hydroxyl groups is 1. The first-order chi connectivity index (χ1) is 10.2. The van der Waals surface area contributed by atoms with Gasteiger partial charge in [-0.25, -0.2) is 4.68 Å². The van der Waals surface area contributed by atoms with Crippen molar-refractivity contribution in [1.82, 2.24) is 19.9 Å². The Hall–Kier alpha value is -1.43. The van der Waals surface area contributed by atoms with Crippen molar-refractivity contribution >= 4 is 11.6 Å². The highest BCUT2D eigenvalue weighted by atomic mass is 35.5. The largest absolute Gasteiger partial charge is 0.396 e. The van der Waals surface area contributed by atoms with E-state index in [1.165, 1.54) is 0 Å². The monoisotopic (exact) mass is 306 g/mol. The number of hydrogen-bond acceptors (Lipinski definition) is 4. The molecule has 2 heterocycles. The van der Waals surface area contributed by atoms with E-state index in [1.807, 2.05) is 30.5 Å². The van der Waals surface area contributed by atoms with Gasteiger partial charge in [-0.05, 0) is 56.1 Å². The van der Waals surface area contributed by atoms with Gasteiger partial charge in [0.15, 0.2) is 0 Å². The van der Waals surface area contributed by atoms with Gasteiger partial charge in [0.2, 0.25) is 0 Å². The van der Waals surface area contributed by atoms with E-state index in [0.29, 0.717) is 17.5 Å². The van der Waals surface area contributed by atoms with Gasteiger partial charge in [-0.15, -0.1) is 5.10 Å². The van der Waals surface area contributed by atoms with Crippen LogP contribution in [-0.4, -0.2) is 44.7 Å². The zero-order valence-electron chi connectivity index (χ0n) is 11.8. The number of piperidine rings is 1. The summed E-state index contributed by atoms with van der Waals surface area (Å²) in [4.78, 5) is 2.36. The van der Waals surface area contributed by atoms with Gasteiger partial charge in [0.05, 0.1) is 17.6 Å². The second kappa shape index (κ2) is 6.56. The lowest BCUT2D eigenvalue weighted by Gasteiger charge is -2.30. The van der Waals surface area contributed by atoms with Gasteiger partial charge in [-0.3, -0.25) is 4.90 Å². The van der Waals surface area contributed by atoms with Crippen LogP contribution in [0.25, 0.3) is 5.69 Å². The van der Waals surface area contributed by atoms with Crippen molar-refractivity contribution < 1.29 is 5.11 Å². The summed E-state index contributed by atoms with van der Waals surface area (Å²) in [6.07, 6.45) is 4.07. The molecule has 1 fully saturated rings. The first kappa shape index (κ1) is 14.5. The Labute approximate surface area is 129 Å². The third-order valence-corrected chi connectivity index (χ3v) is 4.23. The Bertz CT molecular complexity index is 576. The van der Waals surface area contributed by atoms with E-state index in [2.05, 4.69) is 15.2 Å². The number of aliphatic hydroxyl groups excluding tert-OH is 1. The van der Waals surface area contributed by atoms with Crippen molar-refractivity contribution in [3.8, 4) is 5.69 Å². The van der Waals surface area contributed by atoms with Crippen LogP contribution in [0.5, 0.6) is 0 Å². The van der Waals surface area contributed by atoms with Crippen LogP contribution in [0.1, 0.15) is 18.5 Å². The molecule has 0 bridgehead atoms. The van der Waals surface area contributed by atoms with Crippen LogP contribution in [-0.2, 0) is 6.54 Å². The predicted molar refractivity (Wildman–Crippen MR) is 81.5 cm³/mol. The average molecular weight is 307 g/mol. The SMILES string of the molecule is OCC1CCN(Cc2cn(-c3ccc(Cl)cc3)nn2)CC1. The summed E-state index contributed by atoms with van der Waals surface area (Å²) in [6.45, 7) is 3.14. The number of hydrogen-bond donors (Lipinski definition) is 1. The van der Waals surface area contributed by atoms with Gasteiger partial charge >= 0.3 is 0 Å². The number of halogens is 1. The van der Waals surface area contributed by atoms with E-state index in [9.17, 15) is 0 Å². The molecular weight excluding hydrogens is 288 g/mol. The summed E-state index contributed by atoms with van der Waals surface area (Å²) in [7, 11) is 0. The summed E-state index contributed by atoms with van der Waals surface area (Å²) in [5.74, 6) is 0.464. The third-order valence-electron chi connectivity index (χ3n) is 3.98. The van der Waals surface area contributed by atoms with Gasteiger partial charge in [0.1, 0.15) is 0 Å². The topological polar surface area (TPSA) is 54.2 Å². The standard InChI is InChI=1S/C15H19ClN4O/c16-13-1-3-15(4-2-13)20-10-14(17-18-20)9-19-7-5-12(11-21)6-8-19/h1-4,10,12,21H,5-9,11H2. The summed E-state index contributed by atoms with van der Waals surface area (Å²) >= 11 is 5.89. The molecular formula is C15H19ClN4O.